The van der Waals surface area contributed by atoms with E-state index in [1.807, 2.05) is 17.7 Å². The summed E-state index contributed by atoms with van der Waals surface area (Å²) < 4.78 is 37.3. The van der Waals surface area contributed by atoms with Gasteiger partial charge < -0.3 is 9.26 Å². The number of benzene rings is 1. The van der Waals surface area contributed by atoms with E-state index in [0.29, 0.717) is 12.2 Å². The summed E-state index contributed by atoms with van der Waals surface area (Å²) in [6.45, 7) is 6.61. The summed E-state index contributed by atoms with van der Waals surface area (Å²) in [5.41, 5.74) is 1.17. The third kappa shape index (κ3) is 3.94. The molecule has 2 rings (SSSR count). The fraction of sp³-hybridized carbons (Fsp3) is 0.375. The van der Waals surface area contributed by atoms with Crippen molar-refractivity contribution in [2.75, 3.05) is 0 Å². The van der Waals surface area contributed by atoms with E-state index in [0.717, 1.165) is 5.56 Å². The van der Waals surface area contributed by atoms with Crippen molar-refractivity contribution >= 4 is 15.9 Å². The Bertz CT molecular complexity index is 822. The maximum Gasteiger partial charge on any atom is 0.274 e. The third-order valence-electron chi connectivity index (χ3n) is 3.40. The van der Waals surface area contributed by atoms with Gasteiger partial charge in [-0.2, -0.15) is 0 Å². The molecule has 0 aliphatic rings. The molecule has 0 radical (unpaired) electrons. The van der Waals surface area contributed by atoms with Crippen LogP contribution in [0.15, 0.2) is 33.7 Å². The summed E-state index contributed by atoms with van der Waals surface area (Å²) in [5, 5.41) is 3.60. The number of rotatable bonds is 6. The lowest BCUT2D eigenvalue weighted by molar-refractivity contribution is -0.126. The monoisotopic (exact) mass is 352 g/mol. The largest absolute Gasteiger partial charge is 0.481 e. The molecule has 1 N–H and O–H groups in total. The Morgan fingerprint density at radius 1 is 1.33 bits per heavy atom. The zero-order valence-corrected chi connectivity index (χ0v) is 14.8. The van der Waals surface area contributed by atoms with Crippen LogP contribution in [0.4, 0.5) is 0 Å². The first-order valence-electron chi connectivity index (χ1n) is 7.47. The minimum absolute atomic E-state index is 0.124. The molecule has 24 heavy (non-hydrogen) atoms. The van der Waals surface area contributed by atoms with Gasteiger partial charge in [0.2, 0.25) is 0 Å². The van der Waals surface area contributed by atoms with Crippen molar-refractivity contribution in [1.29, 1.82) is 0 Å². The SMILES string of the molecule is CCC(Oc1cccc(C)c1)C(=O)NS(=O)(=O)c1c(C)noc1C. The predicted molar refractivity (Wildman–Crippen MR) is 87.2 cm³/mol. The predicted octanol–water partition coefficient (Wildman–Crippen LogP) is 2.26. The van der Waals surface area contributed by atoms with Gasteiger partial charge >= 0.3 is 0 Å². The number of carbonyl (C=O) groups is 1. The highest BCUT2D eigenvalue weighted by Gasteiger charge is 2.29. The molecule has 1 amide bonds. The van der Waals surface area contributed by atoms with Crippen molar-refractivity contribution in [2.24, 2.45) is 0 Å². The van der Waals surface area contributed by atoms with Crippen LogP contribution >= 0.6 is 0 Å². The van der Waals surface area contributed by atoms with Crippen molar-refractivity contribution in [3.05, 3.63) is 41.3 Å². The number of aryl methyl sites for hydroxylation is 3. The molecule has 0 saturated carbocycles. The normalized spacial score (nSPS) is 12.7. The topological polar surface area (TPSA) is 98.5 Å². The van der Waals surface area contributed by atoms with E-state index in [-0.39, 0.29) is 16.3 Å². The van der Waals surface area contributed by atoms with Gasteiger partial charge in [0.15, 0.2) is 16.8 Å². The van der Waals surface area contributed by atoms with E-state index in [9.17, 15) is 13.2 Å². The van der Waals surface area contributed by atoms with Gasteiger partial charge in [0, 0.05) is 0 Å². The van der Waals surface area contributed by atoms with Crippen LogP contribution in [0.2, 0.25) is 0 Å². The van der Waals surface area contributed by atoms with Gasteiger partial charge in [-0.25, -0.2) is 13.1 Å². The number of aromatic nitrogens is 1. The maximum atomic E-state index is 12.4. The first-order chi connectivity index (χ1) is 11.2. The average molecular weight is 352 g/mol. The molecule has 8 heteroatoms. The van der Waals surface area contributed by atoms with E-state index in [2.05, 4.69) is 5.16 Å². The lowest BCUT2D eigenvalue weighted by Gasteiger charge is -2.17. The molecule has 7 nitrogen and oxygen atoms in total. The molecule has 0 aliphatic carbocycles. The Labute approximate surface area is 141 Å². The summed E-state index contributed by atoms with van der Waals surface area (Å²) in [6.07, 6.45) is -0.612. The minimum atomic E-state index is -4.07. The van der Waals surface area contributed by atoms with Gasteiger partial charge in [0.05, 0.1) is 0 Å². The van der Waals surface area contributed by atoms with Gasteiger partial charge in [-0.1, -0.05) is 24.2 Å². The summed E-state index contributed by atoms with van der Waals surface area (Å²) in [5.74, 6) is -0.105. The number of ether oxygens (including phenoxy) is 1. The molecule has 0 bridgehead atoms. The number of sulfonamides is 1. The van der Waals surface area contributed by atoms with E-state index in [1.54, 1.807) is 25.1 Å². The van der Waals surface area contributed by atoms with Gasteiger partial charge in [0.1, 0.15) is 11.4 Å². The summed E-state index contributed by atoms with van der Waals surface area (Å²) in [4.78, 5) is 12.2. The molecule has 2 aromatic rings. The molecular weight excluding hydrogens is 332 g/mol. The molecule has 130 valence electrons. The van der Waals surface area contributed by atoms with E-state index < -0.39 is 22.0 Å². The Morgan fingerprint density at radius 2 is 2.04 bits per heavy atom. The summed E-state index contributed by atoms with van der Waals surface area (Å²) in [7, 11) is -4.07. The van der Waals surface area contributed by atoms with Gasteiger partial charge in [-0.05, 0) is 44.9 Å². The van der Waals surface area contributed by atoms with Crippen LogP contribution in [0.1, 0.15) is 30.4 Å². The van der Waals surface area contributed by atoms with Crippen LogP contribution in [0.25, 0.3) is 0 Å². The zero-order chi connectivity index (χ0) is 17.9. The highest BCUT2D eigenvalue weighted by molar-refractivity contribution is 7.90. The second kappa shape index (κ2) is 7.04. The van der Waals surface area contributed by atoms with Crippen LogP contribution < -0.4 is 9.46 Å². The van der Waals surface area contributed by atoms with Gasteiger partial charge in [-0.3, -0.25) is 4.79 Å². The molecule has 1 aromatic heterocycles. The molecule has 1 heterocycles. The van der Waals surface area contributed by atoms with Crippen LogP contribution in [-0.4, -0.2) is 25.6 Å². The first kappa shape index (κ1) is 18.0. The second-order valence-corrected chi connectivity index (χ2v) is 7.07. The number of amides is 1. The smallest absolute Gasteiger partial charge is 0.274 e. The van der Waals surface area contributed by atoms with Crippen molar-refractivity contribution in [3.63, 3.8) is 0 Å². The highest BCUT2D eigenvalue weighted by Crippen LogP contribution is 2.20. The van der Waals surface area contributed by atoms with Crippen LogP contribution in [0, 0.1) is 20.8 Å². The van der Waals surface area contributed by atoms with Crippen LogP contribution in [-0.2, 0) is 14.8 Å². The standard InChI is InChI=1S/C16H20N2O5S/c1-5-14(22-13-8-6-7-10(2)9-13)16(19)18-24(20,21)15-11(3)17-23-12(15)4/h6-9,14H,5H2,1-4H3,(H,18,19). The molecule has 0 aliphatic heterocycles. The van der Waals surface area contributed by atoms with Crippen molar-refractivity contribution in [2.45, 2.75) is 45.1 Å². The fourth-order valence-corrected chi connectivity index (χ4v) is 3.62. The average Bonchev–Trinajstić information content (AvgIpc) is 2.84. The van der Waals surface area contributed by atoms with E-state index in [4.69, 9.17) is 9.26 Å². The summed E-state index contributed by atoms with van der Waals surface area (Å²) >= 11 is 0. The highest BCUT2D eigenvalue weighted by atomic mass is 32.2. The maximum absolute atomic E-state index is 12.4. The molecule has 0 spiro atoms. The Kier molecular flexibility index (Phi) is 5.28. The van der Waals surface area contributed by atoms with Crippen molar-refractivity contribution in [1.82, 2.24) is 9.88 Å². The van der Waals surface area contributed by atoms with E-state index >= 15 is 0 Å². The number of hydrogen-bond donors (Lipinski definition) is 1. The number of nitrogens with zero attached hydrogens (tertiary/aromatic N) is 1. The number of nitrogens with one attached hydrogen (secondary N) is 1. The van der Waals surface area contributed by atoms with Crippen LogP contribution in [0.3, 0.4) is 0 Å². The lowest BCUT2D eigenvalue weighted by atomic mass is 10.2. The summed E-state index contributed by atoms with van der Waals surface area (Å²) in [6, 6.07) is 7.19. The molecular formula is C16H20N2O5S. The van der Waals surface area contributed by atoms with Crippen LogP contribution in [0.5, 0.6) is 5.75 Å². The second-order valence-electron chi connectivity index (χ2n) is 5.45. The molecule has 0 fully saturated rings. The molecule has 0 saturated heterocycles. The third-order valence-corrected chi connectivity index (χ3v) is 4.99. The van der Waals surface area contributed by atoms with E-state index in [1.165, 1.54) is 13.8 Å². The molecule has 1 unspecified atom stereocenters. The minimum Gasteiger partial charge on any atom is -0.481 e. The first-order valence-corrected chi connectivity index (χ1v) is 8.95. The quantitative estimate of drug-likeness (QED) is 0.856. The Morgan fingerprint density at radius 3 is 2.58 bits per heavy atom. The van der Waals surface area contributed by atoms with Gasteiger partial charge in [-0.15, -0.1) is 0 Å². The molecule has 1 atom stereocenters. The fourth-order valence-electron chi connectivity index (χ4n) is 2.28. The zero-order valence-electron chi connectivity index (χ0n) is 14.0. The van der Waals surface area contributed by atoms with Crippen molar-refractivity contribution in [3.8, 4) is 5.75 Å². The Balaban J connectivity index is 2.17. The van der Waals surface area contributed by atoms with Crippen molar-refractivity contribution < 1.29 is 22.5 Å². The van der Waals surface area contributed by atoms with Gasteiger partial charge in [0.25, 0.3) is 15.9 Å². The molecule has 1 aromatic carbocycles. The number of carbonyl (C=O) groups excluding carboxylic acids is 1. The lowest BCUT2D eigenvalue weighted by Crippen LogP contribution is -2.41. The number of hydrogen-bond acceptors (Lipinski definition) is 6. The Hall–Kier alpha value is -2.35.